The summed E-state index contributed by atoms with van der Waals surface area (Å²) in [6, 6.07) is 26.1. The normalized spacial score (nSPS) is 10.9. The van der Waals surface area contributed by atoms with E-state index in [1.54, 1.807) is 98.1 Å². The van der Waals surface area contributed by atoms with Crippen molar-refractivity contribution in [2.45, 2.75) is 4.90 Å². The molecule has 0 saturated carbocycles. The van der Waals surface area contributed by atoms with Crippen LogP contribution >= 0.6 is 11.8 Å². The summed E-state index contributed by atoms with van der Waals surface area (Å²) in [7, 11) is 1.58. The number of amides is 3. The SMILES string of the molecule is COc1ccc(NC(=O)CSc2ccc(NC(=O)/C(=C/c3ccco3)NC(=O)c3ccccc3)cc2)cc1. The van der Waals surface area contributed by atoms with Crippen LogP contribution in [0.1, 0.15) is 16.1 Å². The standard InChI is InChI=1S/C29H25N3O5S/c1-36-23-13-9-21(10-14-23)30-27(33)19-38-25-15-11-22(12-16-25)31-29(35)26(18-24-8-5-17-37-24)32-28(34)20-6-3-2-4-7-20/h2-18H,19H2,1H3,(H,30,33)(H,31,35)(H,32,34)/b26-18-. The second-order valence-electron chi connectivity index (χ2n) is 7.94. The molecule has 0 aliphatic carbocycles. The quantitative estimate of drug-likeness (QED) is 0.187. The Morgan fingerprint density at radius 3 is 2.18 bits per heavy atom. The summed E-state index contributed by atoms with van der Waals surface area (Å²) in [6.45, 7) is 0. The minimum absolute atomic E-state index is 0.0301. The number of hydrogen-bond acceptors (Lipinski definition) is 6. The lowest BCUT2D eigenvalue weighted by Gasteiger charge is -2.11. The maximum absolute atomic E-state index is 13.0. The van der Waals surface area contributed by atoms with Gasteiger partial charge in [0.25, 0.3) is 11.8 Å². The number of carbonyl (C=O) groups is 3. The molecule has 0 aliphatic rings. The first-order valence-corrected chi connectivity index (χ1v) is 12.6. The van der Waals surface area contributed by atoms with Crippen molar-refractivity contribution in [3.05, 3.63) is 114 Å². The molecule has 0 unspecified atom stereocenters. The van der Waals surface area contributed by atoms with E-state index in [1.165, 1.54) is 24.1 Å². The van der Waals surface area contributed by atoms with Crippen molar-refractivity contribution >= 4 is 46.9 Å². The van der Waals surface area contributed by atoms with Crippen LogP contribution in [0.3, 0.4) is 0 Å². The predicted molar refractivity (Wildman–Crippen MR) is 148 cm³/mol. The second-order valence-corrected chi connectivity index (χ2v) is 8.99. The van der Waals surface area contributed by atoms with Gasteiger partial charge in [0.1, 0.15) is 17.2 Å². The van der Waals surface area contributed by atoms with Gasteiger partial charge in [-0.1, -0.05) is 18.2 Å². The Morgan fingerprint density at radius 2 is 1.53 bits per heavy atom. The van der Waals surface area contributed by atoms with Gasteiger partial charge in [-0.05, 0) is 72.8 Å². The van der Waals surface area contributed by atoms with Gasteiger partial charge in [-0.2, -0.15) is 0 Å². The highest BCUT2D eigenvalue weighted by atomic mass is 32.2. The minimum Gasteiger partial charge on any atom is -0.497 e. The molecule has 3 N–H and O–H groups in total. The fraction of sp³-hybridized carbons (Fsp3) is 0.0690. The molecular formula is C29H25N3O5S. The first-order chi connectivity index (χ1) is 18.5. The van der Waals surface area contributed by atoms with E-state index < -0.39 is 11.8 Å². The fourth-order valence-electron chi connectivity index (χ4n) is 3.31. The maximum Gasteiger partial charge on any atom is 0.272 e. The summed E-state index contributed by atoms with van der Waals surface area (Å²) >= 11 is 1.37. The van der Waals surface area contributed by atoms with Gasteiger partial charge >= 0.3 is 0 Å². The van der Waals surface area contributed by atoms with Crippen molar-refractivity contribution in [3.63, 3.8) is 0 Å². The summed E-state index contributed by atoms with van der Waals surface area (Å²) in [5.74, 6) is 0.289. The highest BCUT2D eigenvalue weighted by molar-refractivity contribution is 8.00. The Labute approximate surface area is 224 Å². The zero-order valence-electron chi connectivity index (χ0n) is 20.5. The number of furan rings is 1. The van der Waals surface area contributed by atoms with E-state index in [0.717, 1.165) is 4.90 Å². The number of thioether (sulfide) groups is 1. The summed E-state index contributed by atoms with van der Waals surface area (Å²) in [6.07, 6.45) is 2.94. The highest BCUT2D eigenvalue weighted by Crippen LogP contribution is 2.22. The van der Waals surface area contributed by atoms with Gasteiger partial charge in [-0.3, -0.25) is 14.4 Å². The number of carbonyl (C=O) groups excluding carboxylic acids is 3. The molecule has 9 heteroatoms. The highest BCUT2D eigenvalue weighted by Gasteiger charge is 2.16. The lowest BCUT2D eigenvalue weighted by atomic mass is 10.2. The van der Waals surface area contributed by atoms with Crippen LogP contribution in [-0.2, 0) is 9.59 Å². The van der Waals surface area contributed by atoms with Gasteiger partial charge in [-0.15, -0.1) is 11.8 Å². The van der Waals surface area contributed by atoms with Crippen molar-refractivity contribution in [2.24, 2.45) is 0 Å². The lowest BCUT2D eigenvalue weighted by Crippen LogP contribution is -2.30. The molecule has 0 saturated heterocycles. The van der Waals surface area contributed by atoms with Crippen LogP contribution in [-0.4, -0.2) is 30.6 Å². The van der Waals surface area contributed by atoms with Crippen LogP contribution in [0.5, 0.6) is 5.75 Å². The molecule has 4 rings (SSSR count). The first kappa shape index (κ1) is 26.3. The molecule has 192 valence electrons. The zero-order valence-corrected chi connectivity index (χ0v) is 21.3. The first-order valence-electron chi connectivity index (χ1n) is 11.6. The summed E-state index contributed by atoms with van der Waals surface area (Å²) in [5.41, 5.74) is 1.67. The molecular weight excluding hydrogens is 502 g/mol. The van der Waals surface area contributed by atoms with Crippen molar-refractivity contribution in [1.29, 1.82) is 0 Å². The number of anilines is 2. The van der Waals surface area contributed by atoms with E-state index in [0.29, 0.717) is 28.4 Å². The molecule has 38 heavy (non-hydrogen) atoms. The second kappa shape index (κ2) is 13.0. The molecule has 0 aliphatic heterocycles. The van der Waals surface area contributed by atoms with Gasteiger partial charge < -0.3 is 25.1 Å². The van der Waals surface area contributed by atoms with Crippen LogP contribution in [0.15, 0.2) is 112 Å². The third kappa shape index (κ3) is 7.62. The molecule has 8 nitrogen and oxygen atoms in total. The van der Waals surface area contributed by atoms with E-state index in [2.05, 4.69) is 16.0 Å². The summed E-state index contributed by atoms with van der Waals surface area (Å²) in [4.78, 5) is 38.8. The largest absolute Gasteiger partial charge is 0.497 e. The topological polar surface area (TPSA) is 110 Å². The van der Waals surface area contributed by atoms with Gasteiger partial charge in [0, 0.05) is 27.9 Å². The van der Waals surface area contributed by atoms with Crippen molar-refractivity contribution < 1.29 is 23.5 Å². The Bertz CT molecular complexity index is 1400. The van der Waals surface area contributed by atoms with E-state index >= 15 is 0 Å². The van der Waals surface area contributed by atoms with E-state index in [4.69, 9.17) is 9.15 Å². The number of benzene rings is 3. The number of rotatable bonds is 10. The third-order valence-corrected chi connectivity index (χ3v) is 6.23. The van der Waals surface area contributed by atoms with Crippen LogP contribution in [0.4, 0.5) is 11.4 Å². The van der Waals surface area contributed by atoms with E-state index in [1.807, 2.05) is 0 Å². The third-order valence-electron chi connectivity index (χ3n) is 5.21. The molecule has 0 radical (unpaired) electrons. The summed E-state index contributed by atoms with van der Waals surface area (Å²) in [5, 5.41) is 8.28. The fourth-order valence-corrected chi connectivity index (χ4v) is 4.01. The molecule has 3 amide bonds. The lowest BCUT2D eigenvalue weighted by molar-refractivity contribution is -0.114. The molecule has 0 fully saturated rings. The average molecular weight is 528 g/mol. The van der Waals surface area contributed by atoms with Crippen LogP contribution in [0, 0.1) is 0 Å². The predicted octanol–water partition coefficient (Wildman–Crippen LogP) is 5.43. The molecule has 3 aromatic carbocycles. The Hall–Kier alpha value is -4.76. The number of nitrogens with one attached hydrogen (secondary N) is 3. The smallest absolute Gasteiger partial charge is 0.272 e. The molecule has 4 aromatic rings. The minimum atomic E-state index is -0.509. The Morgan fingerprint density at radius 1 is 0.842 bits per heavy atom. The van der Waals surface area contributed by atoms with E-state index in [-0.39, 0.29) is 17.4 Å². The Kier molecular flexibility index (Phi) is 8.98. The summed E-state index contributed by atoms with van der Waals surface area (Å²) < 4.78 is 10.4. The Balaban J connectivity index is 1.35. The van der Waals surface area contributed by atoms with Gasteiger partial charge in [0.05, 0.1) is 19.1 Å². The van der Waals surface area contributed by atoms with Gasteiger partial charge in [0.2, 0.25) is 5.91 Å². The van der Waals surface area contributed by atoms with Crippen molar-refractivity contribution in [3.8, 4) is 5.75 Å². The van der Waals surface area contributed by atoms with Gasteiger partial charge in [-0.25, -0.2) is 0 Å². The van der Waals surface area contributed by atoms with Crippen molar-refractivity contribution in [2.75, 3.05) is 23.5 Å². The monoisotopic (exact) mass is 527 g/mol. The molecule has 0 atom stereocenters. The van der Waals surface area contributed by atoms with Crippen LogP contribution < -0.4 is 20.7 Å². The maximum atomic E-state index is 13.0. The molecule has 1 heterocycles. The van der Waals surface area contributed by atoms with E-state index in [9.17, 15) is 14.4 Å². The average Bonchev–Trinajstić information content (AvgIpc) is 3.46. The number of methoxy groups -OCH3 is 1. The molecule has 0 spiro atoms. The number of hydrogen-bond donors (Lipinski definition) is 3. The van der Waals surface area contributed by atoms with Crippen LogP contribution in [0.25, 0.3) is 6.08 Å². The number of ether oxygens (including phenoxy) is 1. The van der Waals surface area contributed by atoms with Crippen molar-refractivity contribution in [1.82, 2.24) is 5.32 Å². The molecule has 1 aromatic heterocycles. The van der Waals surface area contributed by atoms with Gasteiger partial charge in [0.15, 0.2) is 0 Å². The zero-order chi connectivity index (χ0) is 26.7. The van der Waals surface area contributed by atoms with Crippen LogP contribution in [0.2, 0.25) is 0 Å². The molecule has 0 bridgehead atoms.